The number of aryl methyl sites for hydroxylation is 2. The predicted octanol–water partition coefficient (Wildman–Crippen LogP) is 16.8. The minimum absolute atomic E-state index is 0.0668. The first-order valence-corrected chi connectivity index (χ1v) is 25.2. The minimum atomic E-state index is -0.159. The maximum atomic E-state index is 7.14. The molecule has 9 aromatic carbocycles. The van der Waals surface area contributed by atoms with E-state index in [0.29, 0.717) is 0 Å². The Kier molecular flexibility index (Phi) is 9.48. The van der Waals surface area contributed by atoms with Gasteiger partial charge < -0.3 is 14.1 Å². The van der Waals surface area contributed by atoms with Gasteiger partial charge in [0.15, 0.2) is 0 Å². The Hall–Kier alpha value is -7.30. The van der Waals surface area contributed by atoms with Crippen LogP contribution in [0.2, 0.25) is 0 Å². The van der Waals surface area contributed by atoms with E-state index in [0.717, 1.165) is 41.8 Å². The number of hydrogen-bond acceptors (Lipinski definition) is 3. The molecule has 0 unspecified atom stereocenters. The second-order valence-electron chi connectivity index (χ2n) is 21.5. The molecule has 13 rings (SSSR count). The molecule has 0 saturated carbocycles. The molecule has 2 aliphatic heterocycles. The van der Waals surface area contributed by atoms with Crippen molar-refractivity contribution in [1.82, 2.24) is 0 Å². The average Bonchev–Trinajstić information content (AvgIpc) is 3.73. The van der Waals surface area contributed by atoms with Crippen LogP contribution in [0.15, 0.2) is 180 Å². The summed E-state index contributed by atoms with van der Waals surface area (Å²) in [6, 6.07) is 66.7. The van der Waals surface area contributed by atoms with E-state index in [1.54, 1.807) is 0 Å². The predicted molar refractivity (Wildman–Crippen MR) is 294 cm³/mol. The molecular formula is C65H57BN2O. The van der Waals surface area contributed by atoms with Crippen molar-refractivity contribution >= 4 is 78.9 Å². The summed E-state index contributed by atoms with van der Waals surface area (Å²) in [6.45, 7) is 14.1. The fourth-order valence-corrected chi connectivity index (χ4v) is 12.3. The van der Waals surface area contributed by atoms with Gasteiger partial charge in [-0.25, -0.2) is 0 Å². The SMILES string of the molecule is CCCCc1ccc(N2c3cc4oc5cc6c(cc5c4cc3B3c4c(cc(-c5ccccc5)cc42)-c2cc4ccccc4cc2N3c2ccc(-c3ccccc3)cc2)C(C)(C)CCC6(C)C)c(C)c1. The molecule has 336 valence electrons. The number of furan rings is 1. The van der Waals surface area contributed by atoms with Crippen molar-refractivity contribution in [3.63, 3.8) is 0 Å². The van der Waals surface area contributed by atoms with Gasteiger partial charge in [-0.05, 0) is 170 Å². The third-order valence-corrected chi connectivity index (χ3v) is 16.2. The fraction of sp³-hybridized carbons (Fsp3) is 0.200. The van der Waals surface area contributed by atoms with Gasteiger partial charge in [-0.15, -0.1) is 0 Å². The molecule has 0 spiro atoms. The van der Waals surface area contributed by atoms with Crippen LogP contribution in [0.5, 0.6) is 0 Å². The Bertz CT molecular complexity index is 3680. The largest absolute Gasteiger partial charge is 0.456 e. The number of rotatable bonds is 7. The highest BCUT2D eigenvalue weighted by molar-refractivity contribution is 6.93. The third-order valence-electron chi connectivity index (χ3n) is 16.2. The number of benzene rings is 9. The van der Waals surface area contributed by atoms with E-state index in [1.165, 1.54) is 118 Å². The zero-order chi connectivity index (χ0) is 46.8. The lowest BCUT2D eigenvalue weighted by Gasteiger charge is -2.46. The second-order valence-corrected chi connectivity index (χ2v) is 21.5. The zero-order valence-electron chi connectivity index (χ0n) is 40.7. The molecule has 0 saturated heterocycles. The smallest absolute Gasteiger partial charge is 0.333 e. The Morgan fingerprint density at radius 2 is 1.14 bits per heavy atom. The fourth-order valence-electron chi connectivity index (χ4n) is 12.3. The topological polar surface area (TPSA) is 19.6 Å². The number of anilines is 5. The van der Waals surface area contributed by atoms with Gasteiger partial charge in [0.1, 0.15) is 11.2 Å². The maximum Gasteiger partial charge on any atom is 0.333 e. The number of fused-ring (bicyclic) bond motifs is 9. The molecule has 0 radical (unpaired) electrons. The summed E-state index contributed by atoms with van der Waals surface area (Å²) in [7, 11) is 0. The van der Waals surface area contributed by atoms with E-state index in [4.69, 9.17) is 4.42 Å². The Balaban J connectivity index is 1.15. The molecule has 69 heavy (non-hydrogen) atoms. The number of hydrogen-bond donors (Lipinski definition) is 0. The molecule has 4 heteroatoms. The summed E-state index contributed by atoms with van der Waals surface area (Å²) >= 11 is 0. The highest BCUT2D eigenvalue weighted by Crippen LogP contribution is 2.52. The molecule has 3 heterocycles. The molecule has 3 nitrogen and oxygen atoms in total. The standard InChI is InChI=1S/C65H57BN2O/c1-7-8-17-42-24-29-57(41(2)32-42)67-59-40-62-52(51-37-54-55(39-61(51)69-62)65(5,6)31-30-64(54,3)4)38-56(59)66-63-53(34-48(36-60(63)67)44-20-13-10-14-21-44)50-33-46-22-15-16-23-47(46)35-58(50)68(66)49-27-25-45(26-28-49)43-18-11-9-12-19-43/h9-16,18-29,32-40H,7-8,17,30-31H2,1-6H3. The van der Waals surface area contributed by atoms with E-state index in [1.807, 2.05) is 0 Å². The summed E-state index contributed by atoms with van der Waals surface area (Å²) < 4.78 is 7.14. The van der Waals surface area contributed by atoms with Gasteiger partial charge in [-0.1, -0.05) is 156 Å². The summed E-state index contributed by atoms with van der Waals surface area (Å²) in [5.41, 5.74) is 23.4. The van der Waals surface area contributed by atoms with E-state index in [9.17, 15) is 0 Å². The summed E-state index contributed by atoms with van der Waals surface area (Å²) in [5, 5.41) is 4.84. The molecule has 0 fully saturated rings. The van der Waals surface area contributed by atoms with Crippen LogP contribution < -0.4 is 20.6 Å². The van der Waals surface area contributed by atoms with Crippen molar-refractivity contribution in [2.45, 2.75) is 84.5 Å². The molecule has 0 amide bonds. The molecule has 10 aromatic rings. The monoisotopic (exact) mass is 892 g/mol. The highest BCUT2D eigenvalue weighted by atomic mass is 16.3. The van der Waals surface area contributed by atoms with Crippen LogP contribution in [-0.4, -0.2) is 6.85 Å². The van der Waals surface area contributed by atoms with Gasteiger partial charge in [-0.3, -0.25) is 0 Å². The van der Waals surface area contributed by atoms with E-state index >= 15 is 0 Å². The highest BCUT2D eigenvalue weighted by Gasteiger charge is 2.46. The number of nitrogens with zero attached hydrogens (tertiary/aromatic N) is 2. The van der Waals surface area contributed by atoms with Gasteiger partial charge >= 0.3 is 6.85 Å². The van der Waals surface area contributed by atoms with Crippen molar-refractivity contribution in [3.05, 3.63) is 198 Å². The maximum absolute atomic E-state index is 7.14. The Morgan fingerprint density at radius 1 is 0.522 bits per heavy atom. The van der Waals surface area contributed by atoms with Gasteiger partial charge in [0.25, 0.3) is 0 Å². The van der Waals surface area contributed by atoms with Crippen LogP contribution >= 0.6 is 0 Å². The molecule has 0 atom stereocenters. The second kappa shape index (κ2) is 15.6. The minimum Gasteiger partial charge on any atom is -0.456 e. The van der Waals surface area contributed by atoms with Crippen LogP contribution in [-0.2, 0) is 17.3 Å². The first kappa shape index (κ1) is 41.9. The quantitative estimate of drug-likeness (QED) is 0.149. The third kappa shape index (κ3) is 6.62. The molecule has 1 aromatic heterocycles. The summed E-state index contributed by atoms with van der Waals surface area (Å²) in [4.78, 5) is 5.24. The van der Waals surface area contributed by atoms with Gasteiger partial charge in [0, 0.05) is 50.8 Å². The van der Waals surface area contributed by atoms with E-state index in [-0.39, 0.29) is 17.7 Å². The lowest BCUT2D eigenvalue weighted by molar-refractivity contribution is 0.332. The normalized spacial score (nSPS) is 15.3. The lowest BCUT2D eigenvalue weighted by Crippen LogP contribution is -2.61. The molecule has 0 N–H and O–H groups in total. The molecular weight excluding hydrogens is 836 g/mol. The number of unbranched alkanes of at least 4 members (excludes halogenated alkanes) is 1. The summed E-state index contributed by atoms with van der Waals surface area (Å²) in [6.07, 6.45) is 5.75. The van der Waals surface area contributed by atoms with Crippen LogP contribution in [0.25, 0.3) is 66.1 Å². The van der Waals surface area contributed by atoms with E-state index < -0.39 is 0 Å². The van der Waals surface area contributed by atoms with Crippen molar-refractivity contribution < 1.29 is 4.42 Å². The van der Waals surface area contributed by atoms with Crippen LogP contribution in [0, 0.1) is 6.92 Å². The van der Waals surface area contributed by atoms with Gasteiger partial charge in [-0.2, -0.15) is 0 Å². The summed E-state index contributed by atoms with van der Waals surface area (Å²) in [5.74, 6) is 0. The van der Waals surface area contributed by atoms with Crippen LogP contribution in [0.4, 0.5) is 28.4 Å². The lowest BCUT2D eigenvalue weighted by atomic mass is 9.43. The average molecular weight is 893 g/mol. The van der Waals surface area contributed by atoms with Crippen LogP contribution in [0.3, 0.4) is 0 Å². The molecule has 0 bridgehead atoms. The molecule has 3 aliphatic rings. The van der Waals surface area contributed by atoms with Gasteiger partial charge in [0.05, 0.1) is 0 Å². The van der Waals surface area contributed by atoms with Crippen molar-refractivity contribution in [2.24, 2.45) is 0 Å². The van der Waals surface area contributed by atoms with Crippen molar-refractivity contribution in [3.8, 4) is 33.4 Å². The Labute approximate surface area is 407 Å². The van der Waals surface area contributed by atoms with Crippen molar-refractivity contribution in [1.29, 1.82) is 0 Å². The van der Waals surface area contributed by atoms with Crippen molar-refractivity contribution in [2.75, 3.05) is 9.71 Å². The zero-order valence-corrected chi connectivity index (χ0v) is 40.7. The molecule has 1 aliphatic carbocycles. The Morgan fingerprint density at radius 3 is 1.84 bits per heavy atom. The van der Waals surface area contributed by atoms with E-state index in [2.05, 4.69) is 227 Å². The first-order chi connectivity index (χ1) is 33.5. The van der Waals surface area contributed by atoms with Crippen LogP contribution in [0.1, 0.15) is 82.6 Å². The van der Waals surface area contributed by atoms with Gasteiger partial charge in [0.2, 0.25) is 0 Å². The first-order valence-electron chi connectivity index (χ1n) is 25.2.